The third kappa shape index (κ3) is 10.6. The summed E-state index contributed by atoms with van der Waals surface area (Å²) in [6.07, 6.45) is 0.0587. The lowest BCUT2D eigenvalue weighted by atomic mass is 9.86. The molecule has 0 saturated carbocycles. The zero-order valence-electron chi connectivity index (χ0n) is 33.3. The van der Waals surface area contributed by atoms with Gasteiger partial charge in [-0.05, 0) is 66.1 Å². The largest absolute Gasteiger partial charge is 0.483 e. The number of carbonyl (C=O) groups excluding carboxylic acids is 6. The molecule has 1 aliphatic heterocycles. The van der Waals surface area contributed by atoms with Crippen LogP contribution in [0.2, 0.25) is 0 Å². The fourth-order valence-electron chi connectivity index (χ4n) is 6.70. The number of anilines is 1. The molecule has 1 aromatic heterocycles. The van der Waals surface area contributed by atoms with Crippen molar-refractivity contribution in [3.05, 3.63) is 100 Å². The standard InChI is InChI=1S/C43H50N8O7/c1-23-15-26-17-30(28-8-6-7-25(16-28)19-36(53)47-21-37(54)49-33(18-26)40(46)55)39(23)51-41(56)31(13-14-44)50-42(57)38-24(2)48-32(20-34(38)58-22-35(45)52)27-9-11-29(12-10-27)43(3,4)5/h6-12,15-17,20,31,33H,13-14,18-19,21-22,44H2,1-5H3,(H2,45,52)(H2,46,55)(H,47,53)(H,49,54)(H,50,57)(H,51,56)/t31-,33?/m0/s1. The maximum absolute atomic E-state index is 14.2. The molecule has 1 aliphatic rings. The Hall–Kier alpha value is -6.61. The third-order valence-electron chi connectivity index (χ3n) is 9.70. The molecule has 10 N–H and O–H groups in total. The predicted octanol–water partition coefficient (Wildman–Crippen LogP) is 2.46. The summed E-state index contributed by atoms with van der Waals surface area (Å²) in [6, 6.07) is 17.9. The Morgan fingerprint density at radius 2 is 1.66 bits per heavy atom. The second-order valence-electron chi connectivity index (χ2n) is 15.4. The fourth-order valence-corrected chi connectivity index (χ4v) is 6.70. The summed E-state index contributed by atoms with van der Waals surface area (Å²) < 4.78 is 5.75. The van der Waals surface area contributed by atoms with E-state index >= 15 is 0 Å². The van der Waals surface area contributed by atoms with Crippen LogP contribution in [0.4, 0.5) is 5.69 Å². The number of fused-ring (bicyclic) bond motifs is 5. The van der Waals surface area contributed by atoms with Crippen LogP contribution in [0.15, 0.2) is 66.7 Å². The van der Waals surface area contributed by atoms with Crippen LogP contribution in [0.3, 0.4) is 0 Å². The van der Waals surface area contributed by atoms with Gasteiger partial charge in [-0.15, -0.1) is 0 Å². The van der Waals surface area contributed by atoms with Gasteiger partial charge < -0.3 is 43.2 Å². The SMILES string of the molecule is Cc1cc2cc(c1NC(=O)[C@H](CCN)NC(=O)c1c(OCC(N)=O)cc(-c3ccc(C(C)(C)C)cc3)nc1C)-c1cccc(c1)CC(=O)NCC(=O)NC(C(N)=O)C2. The lowest BCUT2D eigenvalue weighted by molar-refractivity contribution is -0.128. The van der Waals surface area contributed by atoms with Crippen molar-refractivity contribution in [2.24, 2.45) is 17.2 Å². The van der Waals surface area contributed by atoms with Crippen LogP contribution in [0.25, 0.3) is 22.4 Å². The van der Waals surface area contributed by atoms with Crippen LogP contribution >= 0.6 is 0 Å². The highest BCUT2D eigenvalue weighted by Gasteiger charge is 2.28. The molecular formula is C43H50N8O7. The van der Waals surface area contributed by atoms with E-state index in [1.165, 1.54) is 0 Å². The Balaban J connectivity index is 1.49. The van der Waals surface area contributed by atoms with E-state index in [2.05, 4.69) is 42.0 Å². The number of aromatic nitrogens is 1. The van der Waals surface area contributed by atoms with Crippen LogP contribution in [0.1, 0.15) is 65.5 Å². The fraction of sp³-hybridized carbons (Fsp3) is 0.326. The number of nitrogens with two attached hydrogens (primary N) is 3. The Bertz CT molecular complexity index is 2250. The Labute approximate surface area is 336 Å². The summed E-state index contributed by atoms with van der Waals surface area (Å²) in [5, 5.41) is 10.9. The van der Waals surface area contributed by atoms with Gasteiger partial charge in [0.05, 0.1) is 30.0 Å². The molecule has 5 rings (SSSR count). The first kappa shape index (κ1) is 42.5. The average molecular weight is 791 g/mol. The van der Waals surface area contributed by atoms with Gasteiger partial charge in [-0.2, -0.15) is 0 Å². The topological polar surface area (TPSA) is 251 Å². The van der Waals surface area contributed by atoms with E-state index in [-0.39, 0.29) is 54.8 Å². The summed E-state index contributed by atoms with van der Waals surface area (Å²) in [5.74, 6) is -3.70. The molecule has 58 heavy (non-hydrogen) atoms. The number of rotatable bonds is 11. The number of primary amides is 2. The molecule has 3 aromatic carbocycles. The van der Waals surface area contributed by atoms with Crippen molar-refractivity contribution in [3.63, 3.8) is 0 Å². The van der Waals surface area contributed by atoms with Crippen molar-refractivity contribution in [1.82, 2.24) is 20.9 Å². The van der Waals surface area contributed by atoms with Gasteiger partial charge in [-0.25, -0.2) is 0 Å². The minimum absolute atomic E-state index is 0.0115. The first-order chi connectivity index (χ1) is 27.4. The molecular weight excluding hydrogens is 741 g/mol. The van der Waals surface area contributed by atoms with Crippen molar-refractivity contribution < 1.29 is 33.5 Å². The zero-order valence-corrected chi connectivity index (χ0v) is 33.3. The Kier molecular flexibility index (Phi) is 13.3. The molecule has 15 heteroatoms. The normalized spacial score (nSPS) is 14.9. The van der Waals surface area contributed by atoms with E-state index in [1.54, 1.807) is 50.2 Å². The first-order valence-electron chi connectivity index (χ1n) is 18.9. The van der Waals surface area contributed by atoms with Gasteiger partial charge in [0.25, 0.3) is 11.8 Å². The van der Waals surface area contributed by atoms with Crippen LogP contribution < -0.4 is 43.2 Å². The maximum atomic E-state index is 14.2. The minimum Gasteiger partial charge on any atom is -0.483 e. The van der Waals surface area contributed by atoms with Crippen LogP contribution in [0.5, 0.6) is 5.75 Å². The van der Waals surface area contributed by atoms with E-state index in [0.29, 0.717) is 39.2 Å². The lowest BCUT2D eigenvalue weighted by Crippen LogP contribution is -2.49. The number of hydrogen-bond donors (Lipinski definition) is 7. The van der Waals surface area contributed by atoms with Crippen LogP contribution in [0, 0.1) is 13.8 Å². The Morgan fingerprint density at radius 3 is 2.31 bits per heavy atom. The van der Waals surface area contributed by atoms with Crippen molar-refractivity contribution in [2.45, 2.75) is 71.4 Å². The number of aryl methyl sites for hydroxylation is 2. The molecule has 15 nitrogen and oxygen atoms in total. The van der Waals surface area contributed by atoms with Gasteiger partial charge in [0, 0.05) is 23.6 Å². The zero-order chi connectivity index (χ0) is 42.3. The second kappa shape index (κ2) is 18.1. The summed E-state index contributed by atoms with van der Waals surface area (Å²) >= 11 is 0. The molecule has 6 amide bonds. The maximum Gasteiger partial charge on any atom is 0.257 e. The summed E-state index contributed by atoms with van der Waals surface area (Å²) in [4.78, 5) is 82.4. The van der Waals surface area contributed by atoms with Gasteiger partial charge in [-0.3, -0.25) is 33.8 Å². The number of carbonyl (C=O) groups is 6. The van der Waals surface area contributed by atoms with E-state index in [4.69, 9.17) is 26.9 Å². The summed E-state index contributed by atoms with van der Waals surface area (Å²) in [5.41, 5.74) is 23.2. The lowest BCUT2D eigenvalue weighted by Gasteiger charge is -2.23. The summed E-state index contributed by atoms with van der Waals surface area (Å²) in [7, 11) is 0. The molecule has 4 bridgehead atoms. The number of nitrogens with one attached hydrogen (secondary N) is 4. The average Bonchev–Trinajstić information content (AvgIpc) is 3.15. The summed E-state index contributed by atoms with van der Waals surface area (Å²) in [6.45, 7) is 8.94. The minimum atomic E-state index is -1.14. The molecule has 0 radical (unpaired) electrons. The highest BCUT2D eigenvalue weighted by molar-refractivity contribution is 6.05. The monoisotopic (exact) mass is 790 g/mol. The van der Waals surface area contributed by atoms with Crippen LogP contribution in [-0.4, -0.2) is 72.2 Å². The molecule has 0 aliphatic carbocycles. The quantitative estimate of drug-likeness (QED) is 0.118. The highest BCUT2D eigenvalue weighted by Crippen LogP contribution is 2.35. The molecule has 0 fully saturated rings. The predicted molar refractivity (Wildman–Crippen MR) is 220 cm³/mol. The number of nitrogens with zero attached hydrogens (tertiary/aromatic N) is 1. The van der Waals surface area contributed by atoms with Crippen molar-refractivity contribution in [2.75, 3.05) is 25.0 Å². The molecule has 304 valence electrons. The molecule has 2 heterocycles. The van der Waals surface area contributed by atoms with E-state index < -0.39 is 54.1 Å². The van der Waals surface area contributed by atoms with Gasteiger partial charge in [0.15, 0.2) is 6.61 Å². The number of amides is 6. The molecule has 0 spiro atoms. The molecule has 1 unspecified atom stereocenters. The first-order valence-corrected chi connectivity index (χ1v) is 18.9. The number of ether oxygens (including phenoxy) is 1. The van der Waals surface area contributed by atoms with Gasteiger partial charge in [0.1, 0.15) is 23.4 Å². The van der Waals surface area contributed by atoms with Gasteiger partial charge in [-0.1, -0.05) is 75.4 Å². The van der Waals surface area contributed by atoms with Crippen LogP contribution in [-0.2, 0) is 42.2 Å². The van der Waals surface area contributed by atoms with Crippen molar-refractivity contribution in [1.29, 1.82) is 0 Å². The van der Waals surface area contributed by atoms with Crippen molar-refractivity contribution >= 4 is 41.1 Å². The van der Waals surface area contributed by atoms with Crippen molar-refractivity contribution in [3.8, 4) is 28.1 Å². The van der Waals surface area contributed by atoms with Gasteiger partial charge >= 0.3 is 0 Å². The number of hydrogen-bond acceptors (Lipinski definition) is 9. The highest BCUT2D eigenvalue weighted by atomic mass is 16.5. The van der Waals surface area contributed by atoms with Gasteiger partial charge in [0.2, 0.25) is 23.6 Å². The number of pyridine rings is 1. The number of benzene rings is 3. The van der Waals surface area contributed by atoms with E-state index in [0.717, 1.165) is 11.1 Å². The molecule has 0 saturated heterocycles. The van der Waals surface area contributed by atoms with E-state index in [1.807, 2.05) is 30.3 Å². The third-order valence-corrected chi connectivity index (χ3v) is 9.70. The molecule has 4 aromatic rings. The smallest absolute Gasteiger partial charge is 0.257 e. The van der Waals surface area contributed by atoms with E-state index in [9.17, 15) is 28.8 Å². The Morgan fingerprint density at radius 1 is 0.931 bits per heavy atom. The molecule has 2 atom stereocenters. The second-order valence-corrected chi connectivity index (χ2v) is 15.4.